The summed E-state index contributed by atoms with van der Waals surface area (Å²) in [6.07, 6.45) is 5.54. The number of hydrogen-bond acceptors (Lipinski definition) is 2. The van der Waals surface area contributed by atoms with E-state index in [1.165, 1.54) is 36.1 Å². The molecule has 0 spiro atoms. The molecule has 1 saturated carbocycles. The third-order valence-electron chi connectivity index (χ3n) is 3.28. The first kappa shape index (κ1) is 11.2. The molecule has 1 aromatic heterocycles. The van der Waals surface area contributed by atoms with Gasteiger partial charge in [-0.25, -0.2) is 0 Å². The molecule has 0 amide bonds. The average molecular weight is 223 g/mol. The Hall–Kier alpha value is -0.340. The van der Waals surface area contributed by atoms with Crippen LogP contribution < -0.4 is 5.32 Å². The molecule has 0 aliphatic heterocycles. The number of hydrogen-bond donors (Lipinski definition) is 1. The number of nitrogens with one attached hydrogen (secondary N) is 1. The van der Waals surface area contributed by atoms with Gasteiger partial charge in [0.15, 0.2) is 0 Å². The molecule has 0 aromatic carbocycles. The van der Waals surface area contributed by atoms with E-state index in [4.69, 9.17) is 0 Å². The summed E-state index contributed by atoms with van der Waals surface area (Å²) in [6, 6.07) is 2.99. The molecule has 1 fully saturated rings. The first-order valence-electron chi connectivity index (χ1n) is 6.07. The summed E-state index contributed by atoms with van der Waals surface area (Å²) in [6.45, 7) is 5.57. The van der Waals surface area contributed by atoms with Gasteiger partial charge in [-0.05, 0) is 49.1 Å². The SMILES string of the molecule is CCCC(NCc1sccc1C)C1CC1. The van der Waals surface area contributed by atoms with Gasteiger partial charge in [-0.1, -0.05) is 13.3 Å². The van der Waals surface area contributed by atoms with Crippen LogP contribution in [0.15, 0.2) is 11.4 Å². The summed E-state index contributed by atoms with van der Waals surface area (Å²) in [5, 5.41) is 5.93. The van der Waals surface area contributed by atoms with Gasteiger partial charge in [-0.15, -0.1) is 11.3 Å². The van der Waals surface area contributed by atoms with E-state index in [9.17, 15) is 0 Å². The van der Waals surface area contributed by atoms with Crippen LogP contribution in [0.1, 0.15) is 43.0 Å². The molecule has 84 valence electrons. The molecule has 0 bridgehead atoms. The molecule has 1 unspecified atom stereocenters. The summed E-state index contributed by atoms with van der Waals surface area (Å²) in [4.78, 5) is 1.51. The Kier molecular flexibility index (Phi) is 3.81. The molecule has 1 aliphatic rings. The Morgan fingerprint density at radius 3 is 2.87 bits per heavy atom. The van der Waals surface area contributed by atoms with Crippen LogP contribution in [0.4, 0.5) is 0 Å². The molecule has 0 saturated heterocycles. The van der Waals surface area contributed by atoms with Crippen LogP contribution in [0.2, 0.25) is 0 Å². The monoisotopic (exact) mass is 223 g/mol. The fourth-order valence-corrected chi connectivity index (χ4v) is 2.98. The lowest BCUT2D eigenvalue weighted by Gasteiger charge is -2.17. The number of aryl methyl sites for hydroxylation is 1. The molecular weight excluding hydrogens is 202 g/mol. The van der Waals surface area contributed by atoms with Gasteiger partial charge in [0, 0.05) is 17.5 Å². The van der Waals surface area contributed by atoms with Crippen molar-refractivity contribution in [3.05, 3.63) is 21.9 Å². The van der Waals surface area contributed by atoms with Crippen LogP contribution in [0.25, 0.3) is 0 Å². The first-order valence-corrected chi connectivity index (χ1v) is 6.95. The normalized spacial score (nSPS) is 18.0. The highest BCUT2D eigenvalue weighted by Crippen LogP contribution is 2.34. The molecule has 2 heteroatoms. The predicted octanol–water partition coefficient (Wildman–Crippen LogP) is 3.72. The van der Waals surface area contributed by atoms with Crippen LogP contribution in [0.5, 0.6) is 0 Å². The highest BCUT2D eigenvalue weighted by Gasteiger charge is 2.29. The van der Waals surface area contributed by atoms with Crippen molar-refractivity contribution in [3.63, 3.8) is 0 Å². The predicted molar refractivity (Wildman–Crippen MR) is 67.3 cm³/mol. The van der Waals surface area contributed by atoms with Crippen molar-refractivity contribution in [2.24, 2.45) is 5.92 Å². The van der Waals surface area contributed by atoms with Gasteiger partial charge in [0.1, 0.15) is 0 Å². The third kappa shape index (κ3) is 3.05. The van der Waals surface area contributed by atoms with Gasteiger partial charge in [0.2, 0.25) is 0 Å². The minimum Gasteiger partial charge on any atom is -0.309 e. The Morgan fingerprint density at radius 1 is 1.53 bits per heavy atom. The number of thiophene rings is 1. The maximum atomic E-state index is 3.74. The van der Waals surface area contributed by atoms with E-state index in [1.807, 2.05) is 11.3 Å². The van der Waals surface area contributed by atoms with Crippen molar-refractivity contribution < 1.29 is 0 Å². The van der Waals surface area contributed by atoms with E-state index in [0.29, 0.717) is 0 Å². The zero-order valence-corrected chi connectivity index (χ0v) is 10.6. The standard InChI is InChI=1S/C13H21NS/c1-3-4-12(11-5-6-11)14-9-13-10(2)7-8-15-13/h7-8,11-12,14H,3-6,9H2,1-2H3. The molecule has 1 nitrogen and oxygen atoms in total. The van der Waals surface area contributed by atoms with Gasteiger partial charge >= 0.3 is 0 Å². The zero-order chi connectivity index (χ0) is 10.7. The summed E-state index contributed by atoms with van der Waals surface area (Å²) < 4.78 is 0. The second-order valence-corrected chi connectivity index (χ2v) is 5.64. The van der Waals surface area contributed by atoms with Crippen LogP contribution in [0, 0.1) is 12.8 Å². The van der Waals surface area contributed by atoms with E-state index >= 15 is 0 Å². The largest absolute Gasteiger partial charge is 0.309 e. The average Bonchev–Trinajstić information content (AvgIpc) is 2.98. The van der Waals surface area contributed by atoms with Crippen molar-refractivity contribution in [1.82, 2.24) is 5.32 Å². The second-order valence-electron chi connectivity index (χ2n) is 4.64. The van der Waals surface area contributed by atoms with Crippen molar-refractivity contribution in [1.29, 1.82) is 0 Å². The fourth-order valence-electron chi connectivity index (χ4n) is 2.12. The molecule has 0 radical (unpaired) electrons. The maximum absolute atomic E-state index is 3.74. The second kappa shape index (κ2) is 5.13. The fraction of sp³-hybridized carbons (Fsp3) is 0.692. The van der Waals surface area contributed by atoms with Crippen molar-refractivity contribution >= 4 is 11.3 Å². The van der Waals surface area contributed by atoms with E-state index in [1.54, 1.807) is 0 Å². The summed E-state index contributed by atoms with van der Waals surface area (Å²) in [5.74, 6) is 0.977. The molecule has 15 heavy (non-hydrogen) atoms. The Balaban J connectivity index is 1.82. The highest BCUT2D eigenvalue weighted by atomic mass is 32.1. The lowest BCUT2D eigenvalue weighted by atomic mass is 10.1. The summed E-state index contributed by atoms with van der Waals surface area (Å²) >= 11 is 1.88. The van der Waals surface area contributed by atoms with E-state index in [0.717, 1.165) is 18.5 Å². The maximum Gasteiger partial charge on any atom is 0.0305 e. The Labute approximate surface area is 96.9 Å². The van der Waals surface area contributed by atoms with Gasteiger partial charge in [0.05, 0.1) is 0 Å². The molecule has 1 atom stereocenters. The highest BCUT2D eigenvalue weighted by molar-refractivity contribution is 7.10. The van der Waals surface area contributed by atoms with Crippen LogP contribution in [0.3, 0.4) is 0 Å². The molecule has 1 heterocycles. The quantitative estimate of drug-likeness (QED) is 0.775. The molecule has 1 aromatic rings. The minimum atomic E-state index is 0.775. The van der Waals surface area contributed by atoms with E-state index in [-0.39, 0.29) is 0 Å². The number of rotatable bonds is 6. The topological polar surface area (TPSA) is 12.0 Å². The van der Waals surface area contributed by atoms with Crippen molar-refractivity contribution in [2.45, 2.75) is 52.1 Å². The Morgan fingerprint density at radius 2 is 2.33 bits per heavy atom. The first-order chi connectivity index (χ1) is 7.31. The zero-order valence-electron chi connectivity index (χ0n) is 9.75. The summed E-state index contributed by atoms with van der Waals surface area (Å²) in [5.41, 5.74) is 1.44. The van der Waals surface area contributed by atoms with Gasteiger partial charge in [-0.3, -0.25) is 0 Å². The lowest BCUT2D eigenvalue weighted by Crippen LogP contribution is -2.30. The third-order valence-corrected chi connectivity index (χ3v) is 4.31. The van der Waals surface area contributed by atoms with Gasteiger partial charge < -0.3 is 5.32 Å². The molecule has 2 rings (SSSR count). The minimum absolute atomic E-state index is 0.775. The van der Waals surface area contributed by atoms with Gasteiger partial charge in [-0.2, -0.15) is 0 Å². The van der Waals surface area contributed by atoms with E-state index < -0.39 is 0 Å². The van der Waals surface area contributed by atoms with Crippen LogP contribution >= 0.6 is 11.3 Å². The van der Waals surface area contributed by atoms with Crippen LogP contribution in [-0.2, 0) is 6.54 Å². The van der Waals surface area contributed by atoms with Crippen molar-refractivity contribution in [2.75, 3.05) is 0 Å². The molecule has 1 aliphatic carbocycles. The van der Waals surface area contributed by atoms with Crippen molar-refractivity contribution in [3.8, 4) is 0 Å². The lowest BCUT2D eigenvalue weighted by molar-refractivity contribution is 0.431. The Bertz CT molecular complexity index is 301. The smallest absolute Gasteiger partial charge is 0.0305 e. The molecule has 1 N–H and O–H groups in total. The van der Waals surface area contributed by atoms with E-state index in [2.05, 4.69) is 30.6 Å². The van der Waals surface area contributed by atoms with Gasteiger partial charge in [0.25, 0.3) is 0 Å². The molecular formula is C13H21NS. The van der Waals surface area contributed by atoms with Crippen LogP contribution in [-0.4, -0.2) is 6.04 Å². The summed E-state index contributed by atoms with van der Waals surface area (Å²) in [7, 11) is 0.